The molecule has 114 valence electrons. The molecule has 0 aliphatic heterocycles. The first-order valence-electron chi connectivity index (χ1n) is 7.11. The predicted octanol–water partition coefficient (Wildman–Crippen LogP) is 2.17. The third kappa shape index (κ3) is 6.03. The molecule has 0 heterocycles. The smallest absolute Gasteiger partial charge is 0.178 e. The van der Waals surface area contributed by atoms with Gasteiger partial charge in [-0.05, 0) is 49.9 Å². The summed E-state index contributed by atoms with van der Waals surface area (Å²) in [5.74, 6) is 0.205. The van der Waals surface area contributed by atoms with E-state index in [1.807, 2.05) is 12.1 Å². The first-order chi connectivity index (χ1) is 9.60. The van der Waals surface area contributed by atoms with Gasteiger partial charge in [0.25, 0.3) is 0 Å². The zero-order valence-corrected chi connectivity index (χ0v) is 13.0. The van der Waals surface area contributed by atoms with Crippen LogP contribution in [-0.2, 0) is 21.0 Å². The van der Waals surface area contributed by atoms with Crippen molar-refractivity contribution in [2.75, 3.05) is 26.0 Å². The Balaban J connectivity index is 2.57. The van der Waals surface area contributed by atoms with Crippen molar-refractivity contribution in [3.05, 3.63) is 29.8 Å². The van der Waals surface area contributed by atoms with E-state index in [9.17, 15) is 8.42 Å². The highest BCUT2D eigenvalue weighted by atomic mass is 32.2. The zero-order valence-electron chi connectivity index (χ0n) is 12.2. The van der Waals surface area contributed by atoms with Crippen LogP contribution in [0.5, 0.6) is 0 Å². The summed E-state index contributed by atoms with van der Waals surface area (Å²) in [6, 6.07) is 7.22. The number of methoxy groups -OCH3 is 1. The standard InChI is InChI=1S/C15H25NO3S/c1-19-11-3-2-4-12-20(17,18)15-9-5-7-14(13-15)8-6-10-16/h5,7,9,13H,2-4,6,8,10-12,16H2,1H3. The molecule has 0 saturated carbocycles. The maximum absolute atomic E-state index is 12.2. The molecule has 0 bridgehead atoms. The highest BCUT2D eigenvalue weighted by Gasteiger charge is 2.14. The van der Waals surface area contributed by atoms with Crippen LogP contribution in [-0.4, -0.2) is 34.4 Å². The lowest BCUT2D eigenvalue weighted by Crippen LogP contribution is -2.08. The van der Waals surface area contributed by atoms with Gasteiger partial charge in [-0.25, -0.2) is 8.42 Å². The van der Waals surface area contributed by atoms with Crippen molar-refractivity contribution in [2.45, 2.75) is 37.0 Å². The molecule has 1 aromatic rings. The Morgan fingerprint density at radius 2 is 1.95 bits per heavy atom. The number of hydrogen-bond donors (Lipinski definition) is 1. The van der Waals surface area contributed by atoms with E-state index in [0.29, 0.717) is 24.5 Å². The summed E-state index contributed by atoms with van der Waals surface area (Å²) in [7, 11) is -1.51. The second kappa shape index (κ2) is 9.10. The van der Waals surface area contributed by atoms with Gasteiger partial charge in [-0.2, -0.15) is 0 Å². The Labute approximate surface area is 122 Å². The Morgan fingerprint density at radius 3 is 2.65 bits per heavy atom. The van der Waals surface area contributed by atoms with E-state index in [0.717, 1.165) is 31.2 Å². The molecule has 0 aromatic heterocycles. The summed E-state index contributed by atoms with van der Waals surface area (Å²) in [5.41, 5.74) is 6.52. The van der Waals surface area contributed by atoms with Crippen molar-refractivity contribution in [3.8, 4) is 0 Å². The number of rotatable bonds is 10. The van der Waals surface area contributed by atoms with Crippen LogP contribution < -0.4 is 5.73 Å². The lowest BCUT2D eigenvalue weighted by molar-refractivity contribution is 0.192. The summed E-state index contributed by atoms with van der Waals surface area (Å²) >= 11 is 0. The van der Waals surface area contributed by atoms with Crippen molar-refractivity contribution in [2.24, 2.45) is 5.73 Å². The van der Waals surface area contributed by atoms with Gasteiger partial charge in [0.2, 0.25) is 0 Å². The minimum absolute atomic E-state index is 0.205. The third-order valence-electron chi connectivity index (χ3n) is 3.19. The maximum Gasteiger partial charge on any atom is 0.178 e. The number of aryl methyl sites for hydroxylation is 1. The molecule has 5 heteroatoms. The summed E-state index contributed by atoms with van der Waals surface area (Å²) in [4.78, 5) is 0.429. The van der Waals surface area contributed by atoms with E-state index in [1.165, 1.54) is 0 Å². The van der Waals surface area contributed by atoms with Gasteiger partial charge in [0.1, 0.15) is 0 Å². The van der Waals surface area contributed by atoms with Crippen molar-refractivity contribution in [1.82, 2.24) is 0 Å². The molecule has 0 unspecified atom stereocenters. The Hall–Kier alpha value is -0.910. The Morgan fingerprint density at radius 1 is 1.15 bits per heavy atom. The molecule has 0 radical (unpaired) electrons. The Kier molecular flexibility index (Phi) is 7.80. The zero-order chi connectivity index (χ0) is 14.8. The van der Waals surface area contributed by atoms with Gasteiger partial charge >= 0.3 is 0 Å². The minimum atomic E-state index is -3.17. The van der Waals surface area contributed by atoms with Crippen molar-refractivity contribution in [3.63, 3.8) is 0 Å². The minimum Gasteiger partial charge on any atom is -0.385 e. The number of hydrogen-bond acceptors (Lipinski definition) is 4. The summed E-state index contributed by atoms with van der Waals surface area (Å²) in [5, 5.41) is 0. The van der Waals surface area contributed by atoms with Crippen LogP contribution in [0.15, 0.2) is 29.2 Å². The van der Waals surface area contributed by atoms with Crippen LogP contribution in [0.25, 0.3) is 0 Å². The van der Waals surface area contributed by atoms with Gasteiger partial charge in [0.15, 0.2) is 9.84 Å². The average molecular weight is 299 g/mol. The van der Waals surface area contributed by atoms with Crippen LogP contribution in [0.1, 0.15) is 31.2 Å². The summed E-state index contributed by atoms with van der Waals surface area (Å²) < 4.78 is 29.4. The molecule has 0 aliphatic carbocycles. The molecule has 1 rings (SSSR count). The summed E-state index contributed by atoms with van der Waals surface area (Å²) in [6.45, 7) is 1.31. The van der Waals surface area contributed by atoms with E-state index in [4.69, 9.17) is 10.5 Å². The lowest BCUT2D eigenvalue weighted by atomic mass is 10.1. The van der Waals surface area contributed by atoms with Crippen LogP contribution in [0.3, 0.4) is 0 Å². The van der Waals surface area contributed by atoms with E-state index >= 15 is 0 Å². The fourth-order valence-corrected chi connectivity index (χ4v) is 3.47. The monoisotopic (exact) mass is 299 g/mol. The van der Waals surface area contributed by atoms with E-state index in [2.05, 4.69) is 0 Å². The molecule has 0 aliphatic rings. The van der Waals surface area contributed by atoms with Crippen LogP contribution in [0.2, 0.25) is 0 Å². The summed E-state index contributed by atoms with van der Waals surface area (Å²) in [6.07, 6.45) is 4.16. The van der Waals surface area contributed by atoms with Crippen LogP contribution in [0.4, 0.5) is 0 Å². The molecule has 1 aromatic carbocycles. The number of benzene rings is 1. The van der Waals surface area contributed by atoms with Gasteiger partial charge in [-0.3, -0.25) is 0 Å². The molecule has 0 atom stereocenters. The van der Waals surface area contributed by atoms with E-state index < -0.39 is 9.84 Å². The fourth-order valence-electron chi connectivity index (χ4n) is 2.03. The van der Waals surface area contributed by atoms with Crippen molar-refractivity contribution < 1.29 is 13.2 Å². The SMILES string of the molecule is COCCCCCS(=O)(=O)c1cccc(CCCN)c1. The number of ether oxygens (including phenoxy) is 1. The lowest BCUT2D eigenvalue weighted by Gasteiger charge is -2.07. The van der Waals surface area contributed by atoms with Gasteiger partial charge in [-0.15, -0.1) is 0 Å². The second-order valence-corrected chi connectivity index (χ2v) is 7.02. The van der Waals surface area contributed by atoms with E-state index in [-0.39, 0.29) is 5.75 Å². The van der Waals surface area contributed by atoms with Crippen molar-refractivity contribution in [1.29, 1.82) is 0 Å². The molecule has 0 fully saturated rings. The second-order valence-electron chi connectivity index (χ2n) is 4.91. The number of nitrogens with two attached hydrogens (primary N) is 1. The van der Waals surface area contributed by atoms with Crippen LogP contribution >= 0.6 is 0 Å². The normalized spacial score (nSPS) is 11.7. The quantitative estimate of drug-likeness (QED) is 0.672. The molecule has 0 amide bonds. The molecule has 2 N–H and O–H groups in total. The Bertz CT molecular complexity index is 486. The topological polar surface area (TPSA) is 69.4 Å². The maximum atomic E-state index is 12.2. The third-order valence-corrected chi connectivity index (χ3v) is 4.99. The largest absolute Gasteiger partial charge is 0.385 e. The average Bonchev–Trinajstić information content (AvgIpc) is 2.45. The highest BCUT2D eigenvalue weighted by molar-refractivity contribution is 7.91. The number of unbranched alkanes of at least 4 members (excludes halogenated alkanes) is 2. The first-order valence-corrected chi connectivity index (χ1v) is 8.76. The molecule has 0 saturated heterocycles. The first kappa shape index (κ1) is 17.1. The molecule has 4 nitrogen and oxygen atoms in total. The molecule has 0 spiro atoms. The fraction of sp³-hybridized carbons (Fsp3) is 0.600. The van der Waals surface area contributed by atoms with Gasteiger partial charge in [0, 0.05) is 13.7 Å². The van der Waals surface area contributed by atoms with Crippen LogP contribution in [0, 0.1) is 0 Å². The van der Waals surface area contributed by atoms with E-state index in [1.54, 1.807) is 19.2 Å². The molecular weight excluding hydrogens is 274 g/mol. The van der Waals surface area contributed by atoms with Crippen molar-refractivity contribution >= 4 is 9.84 Å². The predicted molar refractivity (Wildman–Crippen MR) is 81.6 cm³/mol. The molecular formula is C15H25NO3S. The number of sulfone groups is 1. The highest BCUT2D eigenvalue weighted by Crippen LogP contribution is 2.16. The van der Waals surface area contributed by atoms with Gasteiger partial charge < -0.3 is 10.5 Å². The van der Waals surface area contributed by atoms with Gasteiger partial charge in [0.05, 0.1) is 10.6 Å². The van der Waals surface area contributed by atoms with Gasteiger partial charge in [-0.1, -0.05) is 18.6 Å². The molecule has 20 heavy (non-hydrogen) atoms.